The summed E-state index contributed by atoms with van der Waals surface area (Å²) in [7, 11) is 0. The summed E-state index contributed by atoms with van der Waals surface area (Å²) in [5.41, 5.74) is 6.05. The highest BCUT2D eigenvalue weighted by Gasteiger charge is 2.23. The van der Waals surface area contributed by atoms with Crippen molar-refractivity contribution in [2.24, 2.45) is 0 Å². The van der Waals surface area contributed by atoms with Crippen molar-refractivity contribution in [2.45, 2.75) is 20.4 Å². The van der Waals surface area contributed by atoms with Gasteiger partial charge >= 0.3 is 0 Å². The molecule has 0 saturated carbocycles. The van der Waals surface area contributed by atoms with Crippen LogP contribution < -0.4 is 5.32 Å². The summed E-state index contributed by atoms with van der Waals surface area (Å²) in [5, 5.41) is 3.29. The summed E-state index contributed by atoms with van der Waals surface area (Å²) in [5.74, 6) is -0.327. The molecule has 6 nitrogen and oxygen atoms in total. The summed E-state index contributed by atoms with van der Waals surface area (Å²) >= 11 is 6.34. The Morgan fingerprint density at radius 3 is 2.12 bits per heavy atom. The predicted octanol–water partition coefficient (Wildman–Crippen LogP) is 7.09. The first-order chi connectivity index (χ1) is 19.4. The van der Waals surface area contributed by atoms with E-state index in [9.17, 15) is 9.59 Å². The molecule has 0 saturated heterocycles. The molecule has 200 valence electrons. The van der Waals surface area contributed by atoms with E-state index in [1.165, 1.54) is 4.90 Å². The molecule has 0 atom stereocenters. The number of nitrogens with zero attached hydrogens (tertiary/aromatic N) is 3. The number of carbonyl (C=O) groups excluding carboxylic acids is 2. The first-order valence-corrected chi connectivity index (χ1v) is 13.4. The van der Waals surface area contributed by atoms with Crippen molar-refractivity contribution in [1.82, 2.24) is 14.5 Å². The van der Waals surface area contributed by atoms with Crippen molar-refractivity contribution in [3.8, 4) is 16.9 Å². The van der Waals surface area contributed by atoms with Crippen molar-refractivity contribution < 1.29 is 9.59 Å². The van der Waals surface area contributed by atoms with Gasteiger partial charge in [0.2, 0.25) is 11.9 Å². The normalized spacial score (nSPS) is 10.8. The van der Waals surface area contributed by atoms with E-state index in [1.807, 2.05) is 103 Å². The minimum Gasteiger partial charge on any atom is -0.325 e. The lowest BCUT2D eigenvalue weighted by atomic mass is 10.1. The van der Waals surface area contributed by atoms with Gasteiger partial charge in [-0.25, -0.2) is 4.98 Å². The minimum absolute atomic E-state index is 0.181. The number of rotatable bonds is 8. The topological polar surface area (TPSA) is 67.2 Å². The second-order valence-electron chi connectivity index (χ2n) is 9.70. The van der Waals surface area contributed by atoms with Crippen LogP contribution in [0.25, 0.3) is 16.9 Å². The van der Waals surface area contributed by atoms with Gasteiger partial charge in [-0.15, -0.1) is 0 Å². The first kappa shape index (κ1) is 26.9. The van der Waals surface area contributed by atoms with Crippen LogP contribution in [0.4, 0.5) is 5.95 Å². The second-order valence-corrected chi connectivity index (χ2v) is 10.1. The average Bonchev–Trinajstić information content (AvgIpc) is 3.37. The number of hydrogen-bond acceptors (Lipinski definition) is 3. The molecule has 0 aliphatic carbocycles. The lowest BCUT2D eigenvalue weighted by Gasteiger charge is -2.23. The number of aromatic nitrogens is 2. The maximum absolute atomic E-state index is 13.5. The van der Waals surface area contributed by atoms with Gasteiger partial charge in [0.25, 0.3) is 5.91 Å². The lowest BCUT2D eigenvalue weighted by molar-refractivity contribution is -0.117. The molecule has 4 aromatic carbocycles. The van der Waals surface area contributed by atoms with E-state index in [4.69, 9.17) is 16.6 Å². The Labute approximate surface area is 238 Å². The Hall–Kier alpha value is -4.68. The van der Waals surface area contributed by atoms with Gasteiger partial charge in [-0.05, 0) is 43.7 Å². The Bertz CT molecular complexity index is 1630. The number of hydrogen-bond donors (Lipinski definition) is 1. The zero-order valence-electron chi connectivity index (χ0n) is 22.3. The molecule has 0 bridgehead atoms. The fourth-order valence-electron chi connectivity index (χ4n) is 4.38. The van der Waals surface area contributed by atoms with Crippen LogP contribution in [0.5, 0.6) is 0 Å². The number of nitrogens with one attached hydrogen (secondary N) is 1. The Morgan fingerprint density at radius 2 is 1.45 bits per heavy atom. The van der Waals surface area contributed by atoms with Gasteiger partial charge in [-0.3, -0.25) is 19.5 Å². The molecule has 0 unspecified atom stereocenters. The predicted molar refractivity (Wildman–Crippen MR) is 160 cm³/mol. The van der Waals surface area contributed by atoms with E-state index in [1.54, 1.807) is 24.3 Å². The summed E-state index contributed by atoms with van der Waals surface area (Å²) in [6, 6.07) is 32.5. The molecule has 0 spiro atoms. The monoisotopic (exact) mass is 548 g/mol. The van der Waals surface area contributed by atoms with E-state index in [0.717, 1.165) is 33.6 Å². The molecule has 2 amide bonds. The maximum atomic E-state index is 13.5. The Balaban J connectivity index is 1.45. The van der Waals surface area contributed by atoms with Crippen LogP contribution in [0.3, 0.4) is 0 Å². The van der Waals surface area contributed by atoms with Crippen molar-refractivity contribution in [2.75, 3.05) is 11.9 Å². The number of amides is 2. The van der Waals surface area contributed by atoms with Gasteiger partial charge in [0.15, 0.2) is 0 Å². The van der Waals surface area contributed by atoms with Gasteiger partial charge in [-0.1, -0.05) is 102 Å². The van der Waals surface area contributed by atoms with Crippen LogP contribution in [-0.2, 0) is 11.3 Å². The molecule has 40 heavy (non-hydrogen) atoms. The minimum atomic E-state index is -0.370. The summed E-state index contributed by atoms with van der Waals surface area (Å²) < 4.78 is 1.85. The third kappa shape index (κ3) is 6.30. The molecule has 0 radical (unpaired) electrons. The van der Waals surface area contributed by atoms with Gasteiger partial charge < -0.3 is 4.90 Å². The molecule has 1 N–H and O–H groups in total. The van der Waals surface area contributed by atoms with Gasteiger partial charge in [0.1, 0.15) is 6.54 Å². The van der Waals surface area contributed by atoms with Crippen molar-refractivity contribution in [3.05, 3.63) is 137 Å². The SMILES string of the molecule is Cc1ccc(-c2cn(-c3ccc(C)cc3)c(NC(=O)CN(Cc3ccccc3)C(=O)c3ccccc3Cl)n2)cc1. The highest BCUT2D eigenvalue weighted by molar-refractivity contribution is 6.33. The molecule has 7 heteroatoms. The van der Waals surface area contributed by atoms with Crippen molar-refractivity contribution in [3.63, 3.8) is 0 Å². The fraction of sp³-hybridized carbons (Fsp3) is 0.121. The molecular formula is C33H29ClN4O2. The third-order valence-corrected chi connectivity index (χ3v) is 6.89. The smallest absolute Gasteiger partial charge is 0.256 e. The van der Waals surface area contributed by atoms with E-state index in [2.05, 4.69) is 5.32 Å². The van der Waals surface area contributed by atoms with E-state index in [-0.39, 0.29) is 24.9 Å². The maximum Gasteiger partial charge on any atom is 0.256 e. The summed E-state index contributed by atoms with van der Waals surface area (Å²) in [6.07, 6.45) is 1.90. The highest BCUT2D eigenvalue weighted by Crippen LogP contribution is 2.25. The molecular weight excluding hydrogens is 520 g/mol. The molecule has 1 heterocycles. The van der Waals surface area contributed by atoms with Crippen molar-refractivity contribution in [1.29, 1.82) is 0 Å². The number of aryl methyl sites for hydroxylation is 2. The number of anilines is 1. The summed E-state index contributed by atoms with van der Waals surface area (Å²) in [4.78, 5) is 33.3. The van der Waals surface area contributed by atoms with Gasteiger partial charge in [-0.2, -0.15) is 0 Å². The van der Waals surface area contributed by atoms with Crippen LogP contribution in [0.2, 0.25) is 5.02 Å². The zero-order chi connectivity index (χ0) is 28.1. The highest BCUT2D eigenvalue weighted by atomic mass is 35.5. The molecule has 0 aliphatic rings. The van der Waals surface area contributed by atoms with E-state index in [0.29, 0.717) is 16.5 Å². The van der Waals surface area contributed by atoms with Crippen molar-refractivity contribution >= 4 is 29.4 Å². The number of imidazole rings is 1. The van der Waals surface area contributed by atoms with Gasteiger partial charge in [0.05, 0.1) is 16.3 Å². The van der Waals surface area contributed by atoms with Crippen LogP contribution in [0, 0.1) is 13.8 Å². The standard InChI is InChI=1S/C33H29ClN4O2/c1-23-12-16-26(17-13-23)30-21-38(27-18-14-24(2)15-19-27)33(35-30)36-31(39)22-37(20-25-8-4-3-5-9-25)32(40)28-10-6-7-11-29(28)34/h3-19,21H,20,22H2,1-2H3,(H,35,36,39). The fourth-order valence-corrected chi connectivity index (χ4v) is 4.60. The van der Waals surface area contributed by atoms with E-state index < -0.39 is 0 Å². The first-order valence-electron chi connectivity index (χ1n) is 13.0. The number of halogens is 1. The second kappa shape index (κ2) is 12.0. The Morgan fingerprint density at radius 1 is 0.825 bits per heavy atom. The lowest BCUT2D eigenvalue weighted by Crippen LogP contribution is -2.38. The molecule has 1 aromatic heterocycles. The average molecular weight is 549 g/mol. The van der Waals surface area contributed by atoms with Gasteiger partial charge in [0, 0.05) is 24.0 Å². The van der Waals surface area contributed by atoms with Crippen LogP contribution in [0.1, 0.15) is 27.0 Å². The zero-order valence-corrected chi connectivity index (χ0v) is 23.1. The van der Waals surface area contributed by atoms with Crippen LogP contribution in [0.15, 0.2) is 109 Å². The Kier molecular flexibility index (Phi) is 8.08. The summed E-state index contributed by atoms with van der Waals surface area (Å²) in [6.45, 7) is 4.12. The largest absolute Gasteiger partial charge is 0.325 e. The molecule has 5 rings (SSSR count). The molecule has 0 fully saturated rings. The van der Waals surface area contributed by atoms with Crippen LogP contribution >= 0.6 is 11.6 Å². The quantitative estimate of drug-likeness (QED) is 0.225. The molecule has 5 aromatic rings. The van der Waals surface area contributed by atoms with E-state index >= 15 is 0 Å². The molecule has 0 aliphatic heterocycles. The number of benzene rings is 4. The number of carbonyl (C=O) groups is 2. The van der Waals surface area contributed by atoms with Crippen LogP contribution in [-0.4, -0.2) is 32.8 Å². The third-order valence-electron chi connectivity index (χ3n) is 6.56.